The molecule has 1 aromatic rings. The van der Waals surface area contributed by atoms with Crippen LogP contribution in [0.15, 0.2) is 0 Å². The van der Waals surface area contributed by atoms with Crippen molar-refractivity contribution in [1.82, 2.24) is 14.7 Å². The molecule has 0 aliphatic carbocycles. The minimum Gasteiger partial charge on any atom is -0.299 e. The zero-order chi connectivity index (χ0) is 14.4. The van der Waals surface area contributed by atoms with Crippen LogP contribution in [0.5, 0.6) is 0 Å². The molecule has 0 saturated carbocycles. The molecule has 1 heterocycles. The fraction of sp³-hybridized carbons (Fsp3) is 0.800. The van der Waals surface area contributed by atoms with Crippen LogP contribution >= 0.6 is 11.8 Å². The van der Waals surface area contributed by atoms with Crippen molar-refractivity contribution in [2.45, 2.75) is 59.4 Å². The number of rotatable bonds is 8. The molecule has 0 aromatic carbocycles. The maximum atomic E-state index is 4.61. The van der Waals surface area contributed by atoms with Gasteiger partial charge in [0.05, 0.1) is 5.69 Å². The van der Waals surface area contributed by atoms with Gasteiger partial charge in [0.15, 0.2) is 0 Å². The average Bonchev–Trinajstić information content (AvgIpc) is 2.69. The van der Waals surface area contributed by atoms with Gasteiger partial charge < -0.3 is 0 Å². The molecule has 0 saturated heterocycles. The average molecular weight is 283 g/mol. The van der Waals surface area contributed by atoms with Gasteiger partial charge in [-0.2, -0.15) is 16.9 Å². The molecule has 0 radical (unpaired) electrons. The molecule has 0 aliphatic heterocycles. The van der Waals surface area contributed by atoms with Crippen molar-refractivity contribution in [3.05, 3.63) is 17.0 Å². The number of hydrogen-bond donors (Lipinski definition) is 0. The van der Waals surface area contributed by atoms with Crippen molar-refractivity contribution in [2.75, 3.05) is 19.3 Å². The lowest BCUT2D eigenvalue weighted by Gasteiger charge is -2.22. The van der Waals surface area contributed by atoms with E-state index in [1.165, 1.54) is 29.9 Å². The van der Waals surface area contributed by atoms with Gasteiger partial charge in [0.25, 0.3) is 0 Å². The zero-order valence-corrected chi connectivity index (χ0v) is 14.2. The smallest absolute Gasteiger partial charge is 0.0641 e. The lowest BCUT2D eigenvalue weighted by Crippen LogP contribution is -2.26. The molecule has 4 heteroatoms. The quantitative estimate of drug-likeness (QED) is 0.729. The van der Waals surface area contributed by atoms with Gasteiger partial charge in [-0.3, -0.25) is 9.58 Å². The topological polar surface area (TPSA) is 21.1 Å². The molecular weight excluding hydrogens is 254 g/mol. The minimum absolute atomic E-state index is 0.745. The van der Waals surface area contributed by atoms with Crippen molar-refractivity contribution in [1.29, 1.82) is 0 Å². The van der Waals surface area contributed by atoms with E-state index in [4.69, 9.17) is 0 Å². The Bertz CT molecular complexity index is 387. The third-order valence-corrected chi connectivity index (χ3v) is 4.95. The van der Waals surface area contributed by atoms with Gasteiger partial charge in [0.1, 0.15) is 0 Å². The summed E-state index contributed by atoms with van der Waals surface area (Å²) in [5, 5.41) is 5.36. The molecule has 110 valence electrons. The Labute approximate surface area is 122 Å². The van der Waals surface area contributed by atoms with E-state index >= 15 is 0 Å². The second-order valence-electron chi connectivity index (χ2n) is 5.17. The Balaban J connectivity index is 2.67. The van der Waals surface area contributed by atoms with Crippen LogP contribution in [0.1, 0.15) is 44.1 Å². The Kier molecular flexibility index (Phi) is 6.94. The fourth-order valence-electron chi connectivity index (χ4n) is 2.33. The highest BCUT2D eigenvalue weighted by Crippen LogP contribution is 2.17. The summed E-state index contributed by atoms with van der Waals surface area (Å²) in [5.41, 5.74) is 3.94. The van der Waals surface area contributed by atoms with Crippen LogP contribution < -0.4 is 0 Å². The highest BCUT2D eigenvalue weighted by molar-refractivity contribution is 7.99. The van der Waals surface area contributed by atoms with E-state index in [0.717, 1.165) is 24.9 Å². The molecule has 1 rings (SSSR count). The summed E-state index contributed by atoms with van der Waals surface area (Å²) in [4.78, 5) is 2.53. The lowest BCUT2D eigenvalue weighted by molar-refractivity contribution is 0.275. The fourth-order valence-corrected chi connectivity index (χ4v) is 2.67. The van der Waals surface area contributed by atoms with Crippen LogP contribution in [0.3, 0.4) is 0 Å². The molecule has 1 aromatic heterocycles. The van der Waals surface area contributed by atoms with Crippen LogP contribution in [-0.2, 0) is 13.1 Å². The molecule has 0 spiro atoms. The molecule has 1 atom stereocenters. The van der Waals surface area contributed by atoms with Crippen molar-refractivity contribution < 1.29 is 0 Å². The third-order valence-electron chi connectivity index (χ3n) is 3.91. The Morgan fingerprint density at radius 3 is 2.47 bits per heavy atom. The summed E-state index contributed by atoms with van der Waals surface area (Å²) in [7, 11) is 0. The normalized spacial score (nSPS) is 13.2. The first-order valence-corrected chi connectivity index (χ1v) is 8.60. The number of hydrogen-bond acceptors (Lipinski definition) is 3. The first kappa shape index (κ1) is 16.6. The standard InChI is InChI=1S/C15H29N3S/c1-7-17(10-9-12(3)19-6)11-15-13(4)16-18(8-2)14(15)5/h12H,7-11H2,1-6H3/t12-/m0/s1. The summed E-state index contributed by atoms with van der Waals surface area (Å²) in [6.45, 7) is 15.3. The second kappa shape index (κ2) is 7.95. The van der Waals surface area contributed by atoms with Crippen LogP contribution in [0.4, 0.5) is 0 Å². The maximum absolute atomic E-state index is 4.61. The predicted molar refractivity (Wildman–Crippen MR) is 85.9 cm³/mol. The van der Waals surface area contributed by atoms with E-state index in [2.05, 4.69) is 55.6 Å². The van der Waals surface area contributed by atoms with Gasteiger partial charge in [-0.05, 0) is 46.5 Å². The van der Waals surface area contributed by atoms with Crippen LogP contribution in [0, 0.1) is 13.8 Å². The summed E-state index contributed by atoms with van der Waals surface area (Å²) in [5.74, 6) is 0. The Morgan fingerprint density at radius 1 is 1.32 bits per heavy atom. The summed E-state index contributed by atoms with van der Waals surface area (Å²) < 4.78 is 2.11. The third kappa shape index (κ3) is 4.53. The van der Waals surface area contributed by atoms with Gasteiger partial charge in [-0.25, -0.2) is 0 Å². The zero-order valence-electron chi connectivity index (χ0n) is 13.4. The molecular formula is C15H29N3S. The monoisotopic (exact) mass is 283 g/mol. The summed E-state index contributed by atoms with van der Waals surface area (Å²) >= 11 is 1.95. The van der Waals surface area contributed by atoms with Crippen LogP contribution in [-0.4, -0.2) is 39.3 Å². The second-order valence-corrected chi connectivity index (χ2v) is 6.45. The first-order valence-electron chi connectivity index (χ1n) is 7.31. The number of aromatic nitrogens is 2. The van der Waals surface area contributed by atoms with Gasteiger partial charge in [0, 0.05) is 29.6 Å². The largest absolute Gasteiger partial charge is 0.299 e. The van der Waals surface area contributed by atoms with E-state index in [-0.39, 0.29) is 0 Å². The van der Waals surface area contributed by atoms with E-state index in [9.17, 15) is 0 Å². The van der Waals surface area contributed by atoms with Gasteiger partial charge in [-0.1, -0.05) is 13.8 Å². The van der Waals surface area contributed by atoms with Crippen molar-refractivity contribution in [3.8, 4) is 0 Å². The van der Waals surface area contributed by atoms with E-state index < -0.39 is 0 Å². The lowest BCUT2D eigenvalue weighted by atomic mass is 10.1. The first-order chi connectivity index (χ1) is 9.03. The molecule has 19 heavy (non-hydrogen) atoms. The van der Waals surface area contributed by atoms with Crippen LogP contribution in [0.25, 0.3) is 0 Å². The summed E-state index contributed by atoms with van der Waals surface area (Å²) in [6, 6.07) is 0. The number of nitrogens with zero attached hydrogens (tertiary/aromatic N) is 3. The van der Waals surface area contributed by atoms with E-state index in [1.54, 1.807) is 0 Å². The highest BCUT2D eigenvalue weighted by Gasteiger charge is 2.14. The highest BCUT2D eigenvalue weighted by atomic mass is 32.2. The maximum Gasteiger partial charge on any atom is 0.0641 e. The minimum atomic E-state index is 0.745. The van der Waals surface area contributed by atoms with Crippen molar-refractivity contribution in [2.24, 2.45) is 0 Å². The van der Waals surface area contributed by atoms with Crippen molar-refractivity contribution >= 4 is 11.8 Å². The van der Waals surface area contributed by atoms with Gasteiger partial charge >= 0.3 is 0 Å². The number of thioether (sulfide) groups is 1. The Morgan fingerprint density at radius 2 is 2.00 bits per heavy atom. The predicted octanol–water partition coefficient (Wildman–Crippen LogP) is 3.48. The van der Waals surface area contributed by atoms with Gasteiger partial charge in [-0.15, -0.1) is 0 Å². The summed E-state index contributed by atoms with van der Waals surface area (Å²) in [6.07, 6.45) is 3.45. The van der Waals surface area contributed by atoms with Crippen molar-refractivity contribution in [3.63, 3.8) is 0 Å². The number of aryl methyl sites for hydroxylation is 2. The molecule has 0 fully saturated rings. The molecule has 0 bridgehead atoms. The van der Waals surface area contributed by atoms with E-state index in [1.807, 2.05) is 11.8 Å². The van der Waals surface area contributed by atoms with Gasteiger partial charge in [0.2, 0.25) is 0 Å². The molecule has 0 amide bonds. The Hall–Kier alpha value is -0.480. The SMILES string of the molecule is CCN(CC[C@H](C)SC)Cc1c(C)nn(CC)c1C. The van der Waals surface area contributed by atoms with Crippen LogP contribution in [0.2, 0.25) is 0 Å². The van der Waals surface area contributed by atoms with E-state index in [0.29, 0.717) is 0 Å². The molecule has 0 N–H and O–H groups in total. The molecule has 0 unspecified atom stereocenters. The molecule has 0 aliphatic rings. The molecule has 3 nitrogen and oxygen atoms in total.